The maximum Gasteiger partial charge on any atom is 0.249 e. The molecule has 130 valence electrons. The zero-order chi connectivity index (χ0) is 18.9. The van der Waals surface area contributed by atoms with Gasteiger partial charge in [-0.3, -0.25) is 9.59 Å². The van der Waals surface area contributed by atoms with Gasteiger partial charge in [0.2, 0.25) is 11.8 Å². The normalized spacial score (nSPS) is 11.7. The van der Waals surface area contributed by atoms with Crippen LogP contribution in [0.4, 0.5) is 5.69 Å². The second-order valence-corrected chi connectivity index (χ2v) is 6.77. The predicted molar refractivity (Wildman–Crippen MR) is 109 cm³/mol. The number of hydrogen-bond acceptors (Lipinski definition) is 3. The third-order valence-corrected chi connectivity index (χ3v) is 5.28. The van der Waals surface area contributed by atoms with Crippen LogP contribution in [0.3, 0.4) is 0 Å². The standard InChI is InChI=1S/C22H15N3O2/c23-17-9-15(22(25)27)14-6-2-5-13-12-4-1-3-10-7-11(21(24)26)8-16(18(10)12)20(17)19(13)14/h1-9H,23H2,(H2,24,26)(H2,25,27). The van der Waals surface area contributed by atoms with Crippen LogP contribution in [0.1, 0.15) is 20.7 Å². The third kappa shape index (κ3) is 1.93. The van der Waals surface area contributed by atoms with Gasteiger partial charge in [0.1, 0.15) is 0 Å². The number of hydrogen-bond donors (Lipinski definition) is 3. The lowest BCUT2D eigenvalue weighted by molar-refractivity contribution is 0.0992. The predicted octanol–water partition coefficient (Wildman–Crippen LogP) is 3.52. The Hall–Kier alpha value is -3.86. The van der Waals surface area contributed by atoms with E-state index in [2.05, 4.69) is 0 Å². The quantitative estimate of drug-likeness (QED) is 0.256. The summed E-state index contributed by atoms with van der Waals surface area (Å²) in [4.78, 5) is 23.8. The molecule has 2 amide bonds. The van der Waals surface area contributed by atoms with Crippen LogP contribution in [0, 0.1) is 0 Å². The molecule has 0 aliphatic rings. The lowest BCUT2D eigenvalue weighted by atomic mass is 9.86. The summed E-state index contributed by atoms with van der Waals surface area (Å²) in [5, 5.41) is 7.21. The largest absolute Gasteiger partial charge is 0.398 e. The Morgan fingerprint density at radius 3 is 2.04 bits per heavy atom. The SMILES string of the molecule is NC(=O)c1cc2cccc3c4cccc5c(C(N)=O)cc(N)c(c(c1)c23)c54. The Labute approximate surface area is 153 Å². The van der Waals surface area contributed by atoms with Gasteiger partial charge >= 0.3 is 0 Å². The van der Waals surface area contributed by atoms with Crippen molar-refractivity contribution in [3.05, 3.63) is 65.7 Å². The molecule has 0 saturated carbocycles. The van der Waals surface area contributed by atoms with Crippen LogP contribution < -0.4 is 17.2 Å². The summed E-state index contributed by atoms with van der Waals surface area (Å²) in [6.07, 6.45) is 0. The molecule has 0 radical (unpaired) electrons. The lowest BCUT2D eigenvalue weighted by Crippen LogP contribution is -2.12. The highest BCUT2D eigenvalue weighted by Crippen LogP contribution is 2.43. The van der Waals surface area contributed by atoms with Crippen molar-refractivity contribution in [1.82, 2.24) is 0 Å². The fraction of sp³-hybridized carbons (Fsp3) is 0. The fourth-order valence-corrected chi connectivity index (χ4v) is 4.21. The monoisotopic (exact) mass is 353 g/mol. The molecule has 0 aliphatic carbocycles. The highest BCUT2D eigenvalue weighted by atomic mass is 16.1. The molecule has 5 aromatic carbocycles. The van der Waals surface area contributed by atoms with Gasteiger partial charge in [0, 0.05) is 27.6 Å². The van der Waals surface area contributed by atoms with Gasteiger partial charge in [-0.05, 0) is 50.5 Å². The van der Waals surface area contributed by atoms with E-state index in [4.69, 9.17) is 17.2 Å². The zero-order valence-electron chi connectivity index (χ0n) is 14.2. The number of benzene rings is 5. The third-order valence-electron chi connectivity index (χ3n) is 5.28. The number of carbonyl (C=O) groups excluding carboxylic acids is 2. The van der Waals surface area contributed by atoms with Crippen LogP contribution in [-0.4, -0.2) is 11.8 Å². The van der Waals surface area contributed by atoms with E-state index in [9.17, 15) is 9.59 Å². The topological polar surface area (TPSA) is 112 Å². The molecule has 27 heavy (non-hydrogen) atoms. The van der Waals surface area contributed by atoms with Crippen molar-refractivity contribution in [2.75, 3.05) is 5.73 Å². The fourth-order valence-electron chi connectivity index (χ4n) is 4.21. The number of amides is 2. The molecule has 5 nitrogen and oxygen atoms in total. The van der Waals surface area contributed by atoms with E-state index in [1.807, 2.05) is 36.4 Å². The molecule has 0 saturated heterocycles. The molecule has 5 rings (SSSR count). The summed E-state index contributed by atoms with van der Waals surface area (Å²) in [6.45, 7) is 0. The number of primary amides is 2. The minimum absolute atomic E-state index is 0.384. The molecule has 0 aromatic heterocycles. The first-order valence-electron chi connectivity index (χ1n) is 8.49. The maximum absolute atomic E-state index is 12.0. The highest BCUT2D eigenvalue weighted by Gasteiger charge is 2.19. The van der Waals surface area contributed by atoms with Crippen LogP contribution in [0.15, 0.2) is 54.6 Å². The van der Waals surface area contributed by atoms with Crippen molar-refractivity contribution < 1.29 is 9.59 Å². The van der Waals surface area contributed by atoms with Crippen LogP contribution in [-0.2, 0) is 0 Å². The van der Waals surface area contributed by atoms with E-state index >= 15 is 0 Å². The summed E-state index contributed by atoms with van der Waals surface area (Å²) in [6, 6.07) is 16.9. The van der Waals surface area contributed by atoms with Gasteiger partial charge in [0.05, 0.1) is 0 Å². The first kappa shape index (κ1) is 15.4. The number of rotatable bonds is 2. The number of fused-ring (bicyclic) bond motifs is 2. The van der Waals surface area contributed by atoms with Gasteiger partial charge in [-0.1, -0.05) is 36.4 Å². The summed E-state index contributed by atoms with van der Waals surface area (Å²) < 4.78 is 0. The Morgan fingerprint density at radius 1 is 0.667 bits per heavy atom. The summed E-state index contributed by atoms with van der Waals surface area (Å²) in [5.41, 5.74) is 18.8. The average Bonchev–Trinajstić information content (AvgIpc) is 2.65. The van der Waals surface area contributed by atoms with Crippen molar-refractivity contribution in [1.29, 1.82) is 0 Å². The molecule has 0 spiro atoms. The van der Waals surface area contributed by atoms with Gasteiger partial charge < -0.3 is 17.2 Å². The molecule has 0 atom stereocenters. The number of nitrogens with two attached hydrogens (primary N) is 3. The van der Waals surface area contributed by atoms with Gasteiger partial charge in [0.25, 0.3) is 0 Å². The van der Waals surface area contributed by atoms with E-state index in [1.165, 1.54) is 0 Å². The van der Waals surface area contributed by atoms with E-state index < -0.39 is 11.8 Å². The summed E-state index contributed by atoms with van der Waals surface area (Å²) in [7, 11) is 0. The average molecular weight is 353 g/mol. The van der Waals surface area contributed by atoms with Crippen molar-refractivity contribution in [2.24, 2.45) is 11.5 Å². The first-order valence-corrected chi connectivity index (χ1v) is 8.49. The molecule has 0 unspecified atom stereocenters. The summed E-state index contributed by atoms with van der Waals surface area (Å²) >= 11 is 0. The minimum Gasteiger partial charge on any atom is -0.398 e. The molecule has 6 N–H and O–H groups in total. The molecule has 5 heteroatoms. The molecule has 0 aliphatic heterocycles. The lowest BCUT2D eigenvalue weighted by Gasteiger charge is -2.18. The first-order chi connectivity index (χ1) is 13.0. The van der Waals surface area contributed by atoms with E-state index in [-0.39, 0.29) is 0 Å². The van der Waals surface area contributed by atoms with E-state index in [1.54, 1.807) is 18.2 Å². The van der Waals surface area contributed by atoms with Crippen LogP contribution in [0.5, 0.6) is 0 Å². The Kier molecular flexibility index (Phi) is 2.90. The second kappa shape index (κ2) is 5.08. The Morgan fingerprint density at radius 2 is 1.33 bits per heavy atom. The van der Waals surface area contributed by atoms with Gasteiger partial charge in [0.15, 0.2) is 0 Å². The Bertz CT molecular complexity index is 1440. The molecular weight excluding hydrogens is 338 g/mol. The highest BCUT2D eigenvalue weighted by molar-refractivity contribution is 6.37. The number of carbonyl (C=O) groups is 2. The van der Waals surface area contributed by atoms with Gasteiger partial charge in [-0.2, -0.15) is 0 Å². The number of nitrogen functional groups attached to an aromatic ring is 1. The molecule has 5 aromatic rings. The van der Waals surface area contributed by atoms with Crippen molar-refractivity contribution in [3.63, 3.8) is 0 Å². The van der Waals surface area contributed by atoms with Crippen molar-refractivity contribution in [3.8, 4) is 0 Å². The van der Waals surface area contributed by atoms with Crippen molar-refractivity contribution >= 4 is 60.6 Å². The van der Waals surface area contributed by atoms with E-state index in [0.717, 1.165) is 43.1 Å². The smallest absolute Gasteiger partial charge is 0.249 e. The minimum atomic E-state index is -0.528. The van der Waals surface area contributed by atoms with E-state index in [0.29, 0.717) is 16.8 Å². The van der Waals surface area contributed by atoms with Crippen LogP contribution >= 0.6 is 0 Å². The van der Waals surface area contributed by atoms with Crippen LogP contribution in [0.2, 0.25) is 0 Å². The Balaban J connectivity index is 2.20. The molecule has 0 fully saturated rings. The zero-order valence-corrected chi connectivity index (χ0v) is 14.2. The van der Waals surface area contributed by atoms with Gasteiger partial charge in [-0.15, -0.1) is 0 Å². The summed E-state index contributed by atoms with van der Waals surface area (Å²) in [5.74, 6) is -1.03. The molecule has 0 heterocycles. The molecular formula is C22H15N3O2. The molecule has 0 bridgehead atoms. The van der Waals surface area contributed by atoms with Crippen molar-refractivity contribution in [2.45, 2.75) is 0 Å². The second-order valence-electron chi connectivity index (χ2n) is 6.77. The van der Waals surface area contributed by atoms with Gasteiger partial charge in [-0.25, -0.2) is 0 Å². The van der Waals surface area contributed by atoms with Crippen LogP contribution in [0.25, 0.3) is 43.1 Å². The number of anilines is 1. The maximum atomic E-state index is 12.0.